The molecule has 1 aliphatic rings. The monoisotopic (exact) mass is 408 g/mol. The van der Waals surface area contributed by atoms with E-state index in [0.29, 0.717) is 12.0 Å². The van der Waals surface area contributed by atoms with E-state index >= 15 is 0 Å². The summed E-state index contributed by atoms with van der Waals surface area (Å²) in [7, 11) is 1.16. The molecule has 0 spiro atoms. The SMILES string of the molecule is COC(=O)c1c(-c2c(CCN)ccc(Cl)c2F)cc(=O)n2c1CCC2C(=O)O. The van der Waals surface area contributed by atoms with Crippen LogP contribution in [0.2, 0.25) is 5.02 Å². The predicted molar refractivity (Wildman–Crippen MR) is 100 cm³/mol. The molecule has 0 bridgehead atoms. The lowest BCUT2D eigenvalue weighted by Crippen LogP contribution is -2.29. The molecule has 1 aromatic heterocycles. The number of ether oxygens (including phenoxy) is 1. The number of fused-ring (bicyclic) bond motifs is 1. The Morgan fingerprint density at radius 1 is 1.43 bits per heavy atom. The van der Waals surface area contributed by atoms with Crippen LogP contribution in [-0.4, -0.2) is 35.3 Å². The molecule has 3 N–H and O–H groups in total. The van der Waals surface area contributed by atoms with Crippen LogP contribution in [-0.2, 0) is 22.4 Å². The van der Waals surface area contributed by atoms with Crippen molar-refractivity contribution in [3.8, 4) is 11.1 Å². The van der Waals surface area contributed by atoms with Crippen LogP contribution in [0.1, 0.15) is 34.1 Å². The molecule has 2 heterocycles. The van der Waals surface area contributed by atoms with Gasteiger partial charge in [-0.15, -0.1) is 0 Å². The number of pyridine rings is 1. The van der Waals surface area contributed by atoms with Gasteiger partial charge in [-0.2, -0.15) is 0 Å². The van der Waals surface area contributed by atoms with Crippen LogP contribution in [0.3, 0.4) is 0 Å². The van der Waals surface area contributed by atoms with Gasteiger partial charge < -0.3 is 15.6 Å². The molecule has 1 atom stereocenters. The number of rotatable bonds is 5. The third-order valence-corrected chi connectivity index (χ3v) is 5.15. The maximum Gasteiger partial charge on any atom is 0.340 e. The van der Waals surface area contributed by atoms with E-state index in [1.54, 1.807) is 6.07 Å². The van der Waals surface area contributed by atoms with Gasteiger partial charge in [0.1, 0.15) is 11.9 Å². The Bertz CT molecular complexity index is 1030. The first-order chi connectivity index (χ1) is 13.3. The largest absolute Gasteiger partial charge is 0.480 e. The molecular weight excluding hydrogens is 391 g/mol. The average Bonchev–Trinajstić information content (AvgIpc) is 3.10. The number of benzene rings is 1. The second kappa shape index (κ2) is 7.73. The number of carboxylic acids is 1. The van der Waals surface area contributed by atoms with Crippen LogP contribution >= 0.6 is 11.6 Å². The number of esters is 1. The standard InChI is InChI=1S/C19H18ClFN2O5/c1-28-19(27)16-10(15-9(6-7-22)2-3-11(20)17(15)21)8-14(24)23-12(16)4-5-13(23)18(25)26/h2-3,8,13H,4-7,22H2,1H3,(H,25,26). The maximum atomic E-state index is 15.0. The molecule has 1 unspecified atom stereocenters. The highest BCUT2D eigenvalue weighted by atomic mass is 35.5. The van der Waals surface area contributed by atoms with Crippen LogP contribution in [0.4, 0.5) is 4.39 Å². The average molecular weight is 409 g/mol. The number of nitrogens with two attached hydrogens (primary N) is 1. The molecule has 0 aliphatic carbocycles. The summed E-state index contributed by atoms with van der Waals surface area (Å²) in [6.45, 7) is 0.215. The molecule has 0 saturated carbocycles. The molecule has 7 nitrogen and oxygen atoms in total. The van der Waals surface area contributed by atoms with Crippen molar-refractivity contribution in [3.63, 3.8) is 0 Å². The molecular formula is C19H18ClFN2O5. The number of aromatic nitrogens is 1. The summed E-state index contributed by atoms with van der Waals surface area (Å²) >= 11 is 5.94. The topological polar surface area (TPSA) is 112 Å². The van der Waals surface area contributed by atoms with Crippen molar-refractivity contribution in [2.75, 3.05) is 13.7 Å². The molecule has 148 valence electrons. The van der Waals surface area contributed by atoms with Crippen LogP contribution in [0, 0.1) is 5.82 Å². The quantitative estimate of drug-likeness (QED) is 0.733. The van der Waals surface area contributed by atoms with E-state index in [1.807, 2.05) is 0 Å². The number of nitrogens with zero attached hydrogens (tertiary/aromatic N) is 1. The van der Waals surface area contributed by atoms with Gasteiger partial charge in [0.2, 0.25) is 0 Å². The van der Waals surface area contributed by atoms with E-state index in [0.717, 1.165) is 17.7 Å². The van der Waals surface area contributed by atoms with Gasteiger partial charge in [-0.1, -0.05) is 17.7 Å². The molecule has 1 aliphatic heterocycles. The second-order valence-corrected chi connectivity index (χ2v) is 6.81. The second-order valence-electron chi connectivity index (χ2n) is 6.41. The van der Waals surface area contributed by atoms with E-state index in [2.05, 4.69) is 0 Å². The molecule has 0 saturated heterocycles. The van der Waals surface area contributed by atoms with Crippen molar-refractivity contribution in [2.45, 2.75) is 25.3 Å². The van der Waals surface area contributed by atoms with Crippen molar-refractivity contribution in [1.82, 2.24) is 4.57 Å². The van der Waals surface area contributed by atoms with Crippen molar-refractivity contribution >= 4 is 23.5 Å². The number of hydrogen-bond donors (Lipinski definition) is 2. The minimum atomic E-state index is -1.18. The van der Waals surface area contributed by atoms with Crippen molar-refractivity contribution < 1.29 is 23.8 Å². The van der Waals surface area contributed by atoms with Gasteiger partial charge in [-0.25, -0.2) is 14.0 Å². The van der Waals surface area contributed by atoms with E-state index in [4.69, 9.17) is 22.1 Å². The lowest BCUT2D eigenvalue weighted by molar-refractivity contribution is -0.140. The Labute approximate surface area is 164 Å². The Morgan fingerprint density at radius 2 is 2.14 bits per heavy atom. The number of methoxy groups -OCH3 is 1. The number of carbonyl (C=O) groups excluding carboxylic acids is 1. The van der Waals surface area contributed by atoms with Gasteiger partial charge in [-0.05, 0) is 37.4 Å². The molecule has 2 aromatic rings. The van der Waals surface area contributed by atoms with Gasteiger partial charge >= 0.3 is 11.9 Å². The normalized spacial score (nSPS) is 15.4. The Morgan fingerprint density at radius 3 is 2.75 bits per heavy atom. The zero-order chi connectivity index (χ0) is 20.6. The fraction of sp³-hybridized carbons (Fsp3) is 0.316. The van der Waals surface area contributed by atoms with Crippen molar-refractivity contribution in [3.05, 3.63) is 56.2 Å². The molecule has 9 heteroatoms. The van der Waals surface area contributed by atoms with E-state index in [9.17, 15) is 23.9 Å². The Balaban J connectivity index is 2.40. The lowest BCUT2D eigenvalue weighted by atomic mass is 9.92. The highest BCUT2D eigenvalue weighted by Gasteiger charge is 2.35. The summed E-state index contributed by atoms with van der Waals surface area (Å²) in [5.74, 6) is -2.75. The molecule has 0 fully saturated rings. The Hall–Kier alpha value is -2.71. The minimum absolute atomic E-state index is 0.00220. The van der Waals surface area contributed by atoms with E-state index < -0.39 is 29.4 Å². The number of aliphatic carboxylic acids is 1. The molecule has 28 heavy (non-hydrogen) atoms. The summed E-state index contributed by atoms with van der Waals surface area (Å²) in [5.41, 5.74) is 5.65. The highest BCUT2D eigenvalue weighted by molar-refractivity contribution is 6.31. The molecule has 3 rings (SSSR count). The zero-order valence-corrected chi connectivity index (χ0v) is 15.8. The number of carbonyl (C=O) groups is 2. The van der Waals surface area contributed by atoms with Gasteiger partial charge in [0, 0.05) is 22.9 Å². The van der Waals surface area contributed by atoms with Crippen LogP contribution < -0.4 is 11.3 Å². The van der Waals surface area contributed by atoms with Crippen LogP contribution in [0.15, 0.2) is 23.0 Å². The lowest BCUT2D eigenvalue weighted by Gasteiger charge is -2.18. The highest BCUT2D eigenvalue weighted by Crippen LogP contribution is 2.37. The van der Waals surface area contributed by atoms with Crippen LogP contribution in [0.5, 0.6) is 0 Å². The van der Waals surface area contributed by atoms with Crippen LogP contribution in [0.25, 0.3) is 11.1 Å². The summed E-state index contributed by atoms with van der Waals surface area (Å²) in [5, 5.41) is 9.21. The fourth-order valence-electron chi connectivity index (χ4n) is 3.67. The summed E-state index contributed by atoms with van der Waals surface area (Å²) in [4.78, 5) is 36.8. The minimum Gasteiger partial charge on any atom is -0.480 e. The van der Waals surface area contributed by atoms with Gasteiger partial charge in [0.05, 0.1) is 17.7 Å². The predicted octanol–water partition coefficient (Wildman–Crippen LogP) is 2.17. The van der Waals surface area contributed by atoms with Gasteiger partial charge in [0.25, 0.3) is 5.56 Å². The maximum absolute atomic E-state index is 15.0. The van der Waals surface area contributed by atoms with E-state index in [-0.39, 0.29) is 46.8 Å². The smallest absolute Gasteiger partial charge is 0.340 e. The first kappa shape index (κ1) is 20.0. The Kier molecular flexibility index (Phi) is 5.53. The zero-order valence-electron chi connectivity index (χ0n) is 15.0. The van der Waals surface area contributed by atoms with Crippen molar-refractivity contribution in [2.24, 2.45) is 5.73 Å². The molecule has 0 radical (unpaired) electrons. The third kappa shape index (κ3) is 3.18. The van der Waals surface area contributed by atoms with Gasteiger partial charge in [0.15, 0.2) is 0 Å². The third-order valence-electron chi connectivity index (χ3n) is 4.86. The van der Waals surface area contributed by atoms with Crippen molar-refractivity contribution in [1.29, 1.82) is 0 Å². The molecule has 0 amide bonds. The number of hydrogen-bond acceptors (Lipinski definition) is 5. The van der Waals surface area contributed by atoms with Gasteiger partial charge in [-0.3, -0.25) is 9.36 Å². The summed E-state index contributed by atoms with van der Waals surface area (Å²) < 4.78 is 20.9. The summed E-state index contributed by atoms with van der Waals surface area (Å²) in [6.07, 6.45) is 0.602. The summed E-state index contributed by atoms with van der Waals surface area (Å²) in [6, 6.07) is 2.93. The number of carboxylic acid groups (broad SMARTS) is 1. The first-order valence-corrected chi connectivity index (χ1v) is 8.96. The molecule has 1 aromatic carbocycles. The fourth-order valence-corrected chi connectivity index (χ4v) is 3.83. The number of halogens is 2. The van der Waals surface area contributed by atoms with E-state index in [1.165, 1.54) is 6.07 Å². The first-order valence-electron chi connectivity index (χ1n) is 8.58.